The van der Waals surface area contributed by atoms with Crippen LogP contribution < -0.4 is 10.6 Å². The number of amides is 2. The van der Waals surface area contributed by atoms with Crippen molar-refractivity contribution < 1.29 is 27.2 Å². The Morgan fingerprint density at radius 3 is 1.39 bits per heavy atom. The Hall–Kier alpha value is -1.86. The Morgan fingerprint density at radius 1 is 0.889 bits per heavy atom. The highest BCUT2D eigenvalue weighted by atomic mass is 19.3. The van der Waals surface area contributed by atoms with Crippen molar-refractivity contribution in [3.8, 4) is 0 Å². The summed E-state index contributed by atoms with van der Waals surface area (Å²) in [4.78, 5) is 21.7. The number of carbonyl (C=O) groups excluding carboxylic acids is 2. The van der Waals surface area contributed by atoms with Crippen molar-refractivity contribution in [2.75, 3.05) is 13.1 Å². The molecular formula is C10H12F4N2O2. The predicted octanol–water partition coefficient (Wildman–Crippen LogP) is 0.861. The summed E-state index contributed by atoms with van der Waals surface area (Å²) in [5.74, 6) is -14.8. The van der Waals surface area contributed by atoms with E-state index in [1.165, 1.54) is 10.6 Å². The molecule has 0 heterocycles. The average Bonchev–Trinajstić information content (AvgIpc) is 2.32. The third-order valence-electron chi connectivity index (χ3n) is 1.78. The van der Waals surface area contributed by atoms with Crippen LogP contribution in [0.1, 0.15) is 0 Å². The minimum Gasteiger partial charge on any atom is -0.347 e. The first kappa shape index (κ1) is 16.1. The third-order valence-corrected chi connectivity index (χ3v) is 1.78. The second-order valence-electron chi connectivity index (χ2n) is 3.15. The Labute approximate surface area is 101 Å². The number of alkyl halides is 4. The van der Waals surface area contributed by atoms with Crippen LogP contribution in [0.4, 0.5) is 17.6 Å². The van der Waals surface area contributed by atoms with Gasteiger partial charge < -0.3 is 10.6 Å². The van der Waals surface area contributed by atoms with E-state index in [0.29, 0.717) is 0 Å². The van der Waals surface area contributed by atoms with Crippen LogP contribution in [0.3, 0.4) is 0 Å². The van der Waals surface area contributed by atoms with E-state index >= 15 is 0 Å². The molecule has 0 bridgehead atoms. The van der Waals surface area contributed by atoms with E-state index in [-0.39, 0.29) is 0 Å². The lowest BCUT2D eigenvalue weighted by Gasteiger charge is -2.24. The van der Waals surface area contributed by atoms with Crippen LogP contribution in [0.2, 0.25) is 0 Å². The van der Waals surface area contributed by atoms with E-state index < -0.39 is 36.7 Å². The quantitative estimate of drug-likeness (QED) is 0.531. The molecule has 8 heteroatoms. The van der Waals surface area contributed by atoms with Gasteiger partial charge >= 0.3 is 11.8 Å². The van der Waals surface area contributed by atoms with Crippen molar-refractivity contribution in [3.05, 3.63) is 25.3 Å². The highest BCUT2D eigenvalue weighted by Crippen LogP contribution is 2.34. The molecule has 0 fully saturated rings. The van der Waals surface area contributed by atoms with Gasteiger partial charge in [-0.1, -0.05) is 12.2 Å². The molecule has 0 aliphatic heterocycles. The molecule has 0 unspecified atom stereocenters. The molecule has 0 aromatic rings. The summed E-state index contributed by atoms with van der Waals surface area (Å²) < 4.78 is 52.5. The second kappa shape index (κ2) is 6.18. The van der Waals surface area contributed by atoms with Gasteiger partial charge in [-0.05, 0) is 0 Å². The number of rotatable bonds is 7. The Balaban J connectivity index is 4.92. The third kappa shape index (κ3) is 3.31. The smallest absolute Gasteiger partial charge is 0.347 e. The van der Waals surface area contributed by atoms with Crippen LogP contribution in [0.25, 0.3) is 0 Å². The summed E-state index contributed by atoms with van der Waals surface area (Å²) in [6.45, 7) is 5.39. The zero-order chi connectivity index (χ0) is 14.4. The van der Waals surface area contributed by atoms with Crippen molar-refractivity contribution in [1.82, 2.24) is 10.6 Å². The first-order chi connectivity index (χ1) is 8.21. The van der Waals surface area contributed by atoms with Gasteiger partial charge in [-0.15, -0.1) is 13.2 Å². The summed E-state index contributed by atoms with van der Waals surface area (Å²) in [6.07, 6.45) is 2.06. The number of nitrogens with one attached hydrogen (secondary N) is 2. The Kier molecular flexibility index (Phi) is 5.54. The highest BCUT2D eigenvalue weighted by Gasteiger charge is 2.66. The second-order valence-corrected chi connectivity index (χ2v) is 3.15. The number of hydrogen-bond donors (Lipinski definition) is 2. The molecule has 0 aromatic heterocycles. The number of halogens is 4. The molecule has 18 heavy (non-hydrogen) atoms. The standard InChI is InChI=1S/C10H12F4N2O2/c1-3-5-15-7(17)9(11,12)10(13,14)8(18)16-6-4-2/h3-4H,1-2,5-6H2,(H,15,17)(H,16,18). The molecule has 0 saturated heterocycles. The average molecular weight is 268 g/mol. The van der Waals surface area contributed by atoms with Crippen molar-refractivity contribution in [3.63, 3.8) is 0 Å². The van der Waals surface area contributed by atoms with E-state index in [4.69, 9.17) is 0 Å². The maximum absolute atomic E-state index is 13.1. The summed E-state index contributed by atoms with van der Waals surface area (Å²) in [5, 5.41) is 3.01. The van der Waals surface area contributed by atoms with Gasteiger partial charge in [-0.2, -0.15) is 17.6 Å². The predicted molar refractivity (Wildman–Crippen MR) is 56.3 cm³/mol. The normalized spacial score (nSPS) is 11.6. The summed E-state index contributed by atoms with van der Waals surface area (Å²) in [7, 11) is 0. The summed E-state index contributed by atoms with van der Waals surface area (Å²) in [6, 6.07) is 0. The maximum atomic E-state index is 13.1. The first-order valence-corrected chi connectivity index (χ1v) is 4.75. The minimum absolute atomic E-state index is 0.418. The molecule has 102 valence electrons. The van der Waals surface area contributed by atoms with Crippen LogP contribution in [0.5, 0.6) is 0 Å². The molecule has 0 radical (unpaired) electrons. The highest BCUT2D eigenvalue weighted by molar-refractivity contribution is 5.95. The van der Waals surface area contributed by atoms with Gasteiger partial charge in [0.05, 0.1) is 0 Å². The van der Waals surface area contributed by atoms with Gasteiger partial charge in [0, 0.05) is 13.1 Å². The van der Waals surface area contributed by atoms with Crippen LogP contribution in [-0.4, -0.2) is 36.7 Å². The molecule has 4 nitrogen and oxygen atoms in total. The van der Waals surface area contributed by atoms with E-state index in [9.17, 15) is 27.2 Å². The molecule has 0 saturated carbocycles. The molecule has 0 rings (SSSR count). The topological polar surface area (TPSA) is 58.2 Å². The fourth-order valence-corrected chi connectivity index (χ4v) is 0.837. The maximum Gasteiger partial charge on any atom is 0.395 e. The molecule has 0 aliphatic carbocycles. The molecule has 0 spiro atoms. The van der Waals surface area contributed by atoms with Crippen molar-refractivity contribution in [2.24, 2.45) is 0 Å². The molecular weight excluding hydrogens is 256 g/mol. The Morgan fingerprint density at radius 2 is 1.17 bits per heavy atom. The van der Waals surface area contributed by atoms with Crippen LogP contribution in [0.15, 0.2) is 25.3 Å². The van der Waals surface area contributed by atoms with Crippen LogP contribution >= 0.6 is 0 Å². The first-order valence-electron chi connectivity index (χ1n) is 4.75. The molecule has 0 atom stereocenters. The molecule has 0 aliphatic rings. The molecule has 2 amide bonds. The fraction of sp³-hybridized carbons (Fsp3) is 0.400. The lowest BCUT2D eigenvalue weighted by molar-refractivity contribution is -0.210. The van der Waals surface area contributed by atoms with Gasteiger partial charge in [0.25, 0.3) is 11.8 Å². The van der Waals surface area contributed by atoms with E-state index in [1.807, 2.05) is 0 Å². The van der Waals surface area contributed by atoms with E-state index in [2.05, 4.69) is 13.2 Å². The molecule has 2 N–H and O–H groups in total. The largest absolute Gasteiger partial charge is 0.395 e. The zero-order valence-corrected chi connectivity index (χ0v) is 9.31. The summed E-state index contributed by atoms with van der Waals surface area (Å²) >= 11 is 0. The SMILES string of the molecule is C=CCNC(=O)C(F)(F)C(F)(F)C(=O)NCC=C. The van der Waals surface area contributed by atoms with E-state index in [1.54, 1.807) is 0 Å². The van der Waals surface area contributed by atoms with Crippen molar-refractivity contribution in [2.45, 2.75) is 11.8 Å². The monoisotopic (exact) mass is 268 g/mol. The van der Waals surface area contributed by atoms with Crippen LogP contribution in [-0.2, 0) is 9.59 Å². The Bertz CT molecular complexity index is 322. The van der Waals surface area contributed by atoms with Gasteiger partial charge in [0.1, 0.15) is 0 Å². The van der Waals surface area contributed by atoms with Crippen molar-refractivity contribution >= 4 is 11.8 Å². The molecule has 0 aromatic carbocycles. The number of carbonyl (C=O) groups is 2. The zero-order valence-electron chi connectivity index (χ0n) is 9.31. The lowest BCUT2D eigenvalue weighted by Crippen LogP contribution is -2.59. The minimum atomic E-state index is -5.15. The van der Waals surface area contributed by atoms with Gasteiger partial charge in [-0.3, -0.25) is 9.59 Å². The van der Waals surface area contributed by atoms with Gasteiger partial charge in [0.2, 0.25) is 0 Å². The van der Waals surface area contributed by atoms with E-state index in [0.717, 1.165) is 12.2 Å². The van der Waals surface area contributed by atoms with Crippen molar-refractivity contribution in [1.29, 1.82) is 0 Å². The number of hydrogen-bond acceptors (Lipinski definition) is 2. The lowest BCUT2D eigenvalue weighted by atomic mass is 10.1. The summed E-state index contributed by atoms with van der Waals surface area (Å²) in [5.41, 5.74) is 0. The van der Waals surface area contributed by atoms with Crippen LogP contribution in [0, 0.1) is 0 Å². The fourth-order valence-electron chi connectivity index (χ4n) is 0.837. The van der Waals surface area contributed by atoms with Gasteiger partial charge in [0.15, 0.2) is 0 Å². The van der Waals surface area contributed by atoms with Gasteiger partial charge in [-0.25, -0.2) is 0 Å².